The fourth-order valence-corrected chi connectivity index (χ4v) is 2.30. The van der Waals surface area contributed by atoms with Crippen LogP contribution in [0.25, 0.3) is 0 Å². The zero-order valence-corrected chi connectivity index (χ0v) is 13.1. The van der Waals surface area contributed by atoms with Crippen molar-refractivity contribution in [1.29, 1.82) is 0 Å². The lowest BCUT2D eigenvalue weighted by Crippen LogP contribution is -2.20. The van der Waals surface area contributed by atoms with E-state index in [-0.39, 0.29) is 12.1 Å². The molecule has 0 bridgehead atoms. The SMILES string of the molecule is CC(C)Oc1ccc(C(CN)Nc2cccc(Cl)c2)cc1. The van der Waals surface area contributed by atoms with Gasteiger partial charge in [0.15, 0.2) is 0 Å². The van der Waals surface area contributed by atoms with Crippen molar-refractivity contribution in [2.24, 2.45) is 5.73 Å². The molecule has 1 unspecified atom stereocenters. The Morgan fingerprint density at radius 3 is 2.43 bits per heavy atom. The largest absolute Gasteiger partial charge is 0.491 e. The molecule has 0 saturated carbocycles. The lowest BCUT2D eigenvalue weighted by atomic mass is 10.1. The van der Waals surface area contributed by atoms with Crippen molar-refractivity contribution in [2.45, 2.75) is 26.0 Å². The first-order valence-corrected chi connectivity index (χ1v) is 7.45. The smallest absolute Gasteiger partial charge is 0.119 e. The summed E-state index contributed by atoms with van der Waals surface area (Å²) in [4.78, 5) is 0. The zero-order valence-electron chi connectivity index (χ0n) is 12.3. The van der Waals surface area contributed by atoms with Crippen LogP contribution in [-0.2, 0) is 0 Å². The molecule has 0 fully saturated rings. The molecule has 112 valence electrons. The Labute approximate surface area is 131 Å². The van der Waals surface area contributed by atoms with Gasteiger partial charge in [-0.1, -0.05) is 29.8 Å². The number of benzene rings is 2. The van der Waals surface area contributed by atoms with Gasteiger partial charge >= 0.3 is 0 Å². The summed E-state index contributed by atoms with van der Waals surface area (Å²) in [6.45, 7) is 4.52. The van der Waals surface area contributed by atoms with Gasteiger partial charge in [0.1, 0.15) is 5.75 Å². The van der Waals surface area contributed by atoms with Gasteiger partial charge in [0.2, 0.25) is 0 Å². The van der Waals surface area contributed by atoms with Crippen LogP contribution in [0.4, 0.5) is 5.69 Å². The number of halogens is 1. The average molecular weight is 305 g/mol. The third kappa shape index (κ3) is 4.66. The summed E-state index contributed by atoms with van der Waals surface area (Å²) in [5, 5.41) is 4.10. The molecular formula is C17H21ClN2O. The molecule has 0 saturated heterocycles. The Bertz CT molecular complexity index is 569. The van der Waals surface area contributed by atoms with E-state index in [1.54, 1.807) is 0 Å². The molecule has 0 aromatic heterocycles. The molecule has 0 radical (unpaired) electrons. The minimum absolute atomic E-state index is 0.0385. The van der Waals surface area contributed by atoms with Crippen LogP contribution in [0, 0.1) is 0 Å². The van der Waals surface area contributed by atoms with Gasteiger partial charge in [0.25, 0.3) is 0 Å². The minimum atomic E-state index is 0.0385. The molecule has 1 atom stereocenters. The first kappa shape index (κ1) is 15.7. The molecule has 0 heterocycles. The van der Waals surface area contributed by atoms with Crippen molar-refractivity contribution >= 4 is 17.3 Å². The van der Waals surface area contributed by atoms with E-state index in [4.69, 9.17) is 22.1 Å². The van der Waals surface area contributed by atoms with Crippen molar-refractivity contribution in [1.82, 2.24) is 0 Å². The van der Waals surface area contributed by atoms with Gasteiger partial charge in [0.05, 0.1) is 12.1 Å². The van der Waals surface area contributed by atoms with Gasteiger partial charge in [0, 0.05) is 17.3 Å². The maximum Gasteiger partial charge on any atom is 0.119 e. The molecule has 3 N–H and O–H groups in total. The summed E-state index contributed by atoms with van der Waals surface area (Å²) in [7, 11) is 0. The van der Waals surface area contributed by atoms with E-state index in [0.717, 1.165) is 17.0 Å². The van der Waals surface area contributed by atoms with Crippen LogP contribution < -0.4 is 15.8 Å². The summed E-state index contributed by atoms with van der Waals surface area (Å²) >= 11 is 6.00. The van der Waals surface area contributed by atoms with Crippen LogP contribution in [0.1, 0.15) is 25.5 Å². The highest BCUT2D eigenvalue weighted by Crippen LogP contribution is 2.23. The molecule has 0 aliphatic carbocycles. The summed E-state index contributed by atoms with van der Waals surface area (Å²) in [6, 6.07) is 15.7. The van der Waals surface area contributed by atoms with Crippen molar-refractivity contribution in [2.75, 3.05) is 11.9 Å². The predicted octanol–water partition coefficient (Wildman–Crippen LogP) is 4.24. The van der Waals surface area contributed by atoms with Crippen LogP contribution in [-0.4, -0.2) is 12.6 Å². The first-order chi connectivity index (χ1) is 10.1. The number of nitrogens with one attached hydrogen (secondary N) is 1. The van der Waals surface area contributed by atoms with Crippen LogP contribution >= 0.6 is 11.6 Å². The first-order valence-electron chi connectivity index (χ1n) is 7.07. The molecule has 2 aromatic rings. The van der Waals surface area contributed by atoms with Crippen molar-refractivity contribution in [3.63, 3.8) is 0 Å². The van der Waals surface area contributed by atoms with E-state index < -0.39 is 0 Å². The van der Waals surface area contributed by atoms with E-state index in [1.807, 2.05) is 62.4 Å². The van der Waals surface area contributed by atoms with Gasteiger partial charge < -0.3 is 15.8 Å². The van der Waals surface area contributed by atoms with E-state index >= 15 is 0 Å². The molecule has 21 heavy (non-hydrogen) atoms. The monoisotopic (exact) mass is 304 g/mol. The van der Waals surface area contributed by atoms with Crippen LogP contribution in [0.15, 0.2) is 48.5 Å². The summed E-state index contributed by atoms with van der Waals surface area (Å²) < 4.78 is 5.65. The highest BCUT2D eigenvalue weighted by atomic mass is 35.5. The third-order valence-corrected chi connectivity index (χ3v) is 3.29. The normalized spacial score (nSPS) is 12.2. The van der Waals surface area contributed by atoms with Crippen LogP contribution in [0.2, 0.25) is 5.02 Å². The van der Waals surface area contributed by atoms with Gasteiger partial charge in [-0.15, -0.1) is 0 Å². The minimum Gasteiger partial charge on any atom is -0.491 e. The molecule has 2 aromatic carbocycles. The maximum atomic E-state index is 6.00. The van der Waals surface area contributed by atoms with Crippen molar-refractivity contribution < 1.29 is 4.74 Å². The third-order valence-electron chi connectivity index (χ3n) is 3.06. The maximum absolute atomic E-state index is 6.00. The van der Waals surface area contributed by atoms with E-state index in [0.29, 0.717) is 11.6 Å². The zero-order chi connectivity index (χ0) is 15.2. The summed E-state index contributed by atoms with van der Waals surface area (Å²) in [6.07, 6.45) is 0.172. The molecule has 2 rings (SSSR count). The second-order valence-corrected chi connectivity index (χ2v) is 5.62. The van der Waals surface area contributed by atoms with Gasteiger partial charge in [-0.2, -0.15) is 0 Å². The number of anilines is 1. The van der Waals surface area contributed by atoms with Gasteiger partial charge in [-0.05, 0) is 49.7 Å². The Morgan fingerprint density at radius 1 is 1.14 bits per heavy atom. The highest BCUT2D eigenvalue weighted by Gasteiger charge is 2.10. The molecular weight excluding hydrogens is 284 g/mol. The number of ether oxygens (including phenoxy) is 1. The molecule has 4 heteroatoms. The fraction of sp³-hybridized carbons (Fsp3) is 0.294. The summed E-state index contributed by atoms with van der Waals surface area (Å²) in [5.41, 5.74) is 7.96. The quantitative estimate of drug-likeness (QED) is 0.839. The second-order valence-electron chi connectivity index (χ2n) is 5.18. The Morgan fingerprint density at radius 2 is 1.86 bits per heavy atom. The van der Waals surface area contributed by atoms with Crippen molar-refractivity contribution in [3.05, 3.63) is 59.1 Å². The molecule has 0 aliphatic rings. The Kier molecular flexibility index (Phi) is 5.48. The Hall–Kier alpha value is -1.71. The highest BCUT2D eigenvalue weighted by molar-refractivity contribution is 6.30. The molecule has 0 aliphatic heterocycles. The van der Waals surface area contributed by atoms with Crippen LogP contribution in [0.3, 0.4) is 0 Å². The van der Waals surface area contributed by atoms with E-state index in [1.165, 1.54) is 0 Å². The number of hydrogen-bond acceptors (Lipinski definition) is 3. The average Bonchev–Trinajstić information content (AvgIpc) is 2.45. The topological polar surface area (TPSA) is 47.3 Å². The van der Waals surface area contributed by atoms with Gasteiger partial charge in [-0.3, -0.25) is 0 Å². The molecule has 0 spiro atoms. The molecule has 0 amide bonds. The lowest BCUT2D eigenvalue weighted by Gasteiger charge is -2.19. The summed E-state index contributed by atoms with van der Waals surface area (Å²) in [5.74, 6) is 0.868. The molecule has 3 nitrogen and oxygen atoms in total. The Balaban J connectivity index is 2.10. The number of hydrogen-bond donors (Lipinski definition) is 2. The number of nitrogens with two attached hydrogens (primary N) is 1. The van der Waals surface area contributed by atoms with E-state index in [2.05, 4.69) is 5.32 Å². The van der Waals surface area contributed by atoms with Gasteiger partial charge in [-0.25, -0.2) is 0 Å². The number of rotatable bonds is 6. The van der Waals surface area contributed by atoms with Crippen molar-refractivity contribution in [3.8, 4) is 5.75 Å². The predicted molar refractivity (Wildman–Crippen MR) is 89.1 cm³/mol. The van der Waals surface area contributed by atoms with E-state index in [9.17, 15) is 0 Å². The lowest BCUT2D eigenvalue weighted by molar-refractivity contribution is 0.242. The second kappa shape index (κ2) is 7.34. The van der Waals surface area contributed by atoms with Crippen LogP contribution in [0.5, 0.6) is 5.75 Å². The standard InChI is InChI=1S/C17H21ClN2O/c1-12(2)21-16-8-6-13(7-9-16)17(11-19)20-15-5-3-4-14(18)10-15/h3-10,12,17,20H,11,19H2,1-2H3. The fourth-order valence-electron chi connectivity index (χ4n) is 2.11.